The van der Waals surface area contributed by atoms with Crippen molar-refractivity contribution in [2.75, 3.05) is 26.7 Å². The molecule has 2 aromatic rings. The lowest BCUT2D eigenvalue weighted by molar-refractivity contribution is -0.142. The summed E-state index contributed by atoms with van der Waals surface area (Å²) in [6, 6.07) is 18.2. The van der Waals surface area contributed by atoms with Gasteiger partial charge < -0.3 is 10.2 Å². The van der Waals surface area contributed by atoms with Gasteiger partial charge in [0, 0.05) is 7.05 Å². The van der Waals surface area contributed by atoms with Crippen molar-refractivity contribution < 1.29 is 22.8 Å². The Morgan fingerprint density at radius 2 is 1.61 bits per heavy atom. The van der Waals surface area contributed by atoms with Crippen molar-refractivity contribution in [3.05, 3.63) is 71.8 Å². The second-order valence-corrected chi connectivity index (χ2v) is 7.69. The Morgan fingerprint density at radius 3 is 2.13 bits per heavy atom. The summed E-state index contributed by atoms with van der Waals surface area (Å²) in [4.78, 5) is 28.7. The van der Waals surface area contributed by atoms with Gasteiger partial charge in [0.15, 0.2) is 0 Å². The number of amides is 2. The van der Waals surface area contributed by atoms with Crippen LogP contribution in [0.1, 0.15) is 30.0 Å². The number of nitrogens with one attached hydrogen (secondary N) is 1. The highest BCUT2D eigenvalue weighted by Crippen LogP contribution is 2.28. The molecule has 1 unspecified atom stereocenters. The van der Waals surface area contributed by atoms with Crippen molar-refractivity contribution in [1.29, 1.82) is 0 Å². The zero-order valence-corrected chi connectivity index (χ0v) is 17.3. The van der Waals surface area contributed by atoms with Crippen LogP contribution in [0.25, 0.3) is 0 Å². The largest absolute Gasteiger partial charge is 0.405 e. The molecule has 0 spiro atoms. The Labute approximate surface area is 179 Å². The minimum absolute atomic E-state index is 0.0310. The predicted molar refractivity (Wildman–Crippen MR) is 111 cm³/mol. The van der Waals surface area contributed by atoms with Crippen LogP contribution in [0.3, 0.4) is 0 Å². The lowest BCUT2D eigenvalue weighted by Crippen LogP contribution is -2.49. The summed E-state index contributed by atoms with van der Waals surface area (Å²) in [5.74, 6) is -0.888. The summed E-state index contributed by atoms with van der Waals surface area (Å²) in [6.45, 7) is -0.907. The molecule has 0 aromatic heterocycles. The van der Waals surface area contributed by atoms with Gasteiger partial charge in [0.2, 0.25) is 11.8 Å². The highest BCUT2D eigenvalue weighted by Gasteiger charge is 2.36. The van der Waals surface area contributed by atoms with Crippen molar-refractivity contribution >= 4 is 11.8 Å². The molecule has 1 saturated heterocycles. The molecule has 1 atom stereocenters. The second kappa shape index (κ2) is 9.96. The number of hydrogen-bond acceptors (Lipinski definition) is 3. The first kappa shape index (κ1) is 22.8. The number of hydrogen-bond donors (Lipinski definition) is 1. The van der Waals surface area contributed by atoms with Gasteiger partial charge in [-0.2, -0.15) is 13.2 Å². The topological polar surface area (TPSA) is 52.7 Å². The Bertz CT molecular complexity index is 835. The summed E-state index contributed by atoms with van der Waals surface area (Å²) in [5, 5.41) is 1.94. The number of carbonyl (C=O) groups is 2. The van der Waals surface area contributed by atoms with E-state index in [2.05, 4.69) is 0 Å². The molecular weight excluding hydrogens is 407 g/mol. The van der Waals surface area contributed by atoms with E-state index < -0.39 is 24.7 Å². The first-order chi connectivity index (χ1) is 14.8. The highest BCUT2D eigenvalue weighted by molar-refractivity contribution is 5.84. The molecule has 5 nitrogen and oxygen atoms in total. The third-order valence-electron chi connectivity index (χ3n) is 5.48. The lowest BCUT2D eigenvalue weighted by Gasteiger charge is -2.32. The Balaban J connectivity index is 1.72. The smallest absolute Gasteiger partial charge is 0.346 e. The predicted octanol–water partition coefficient (Wildman–Crippen LogP) is 3.38. The first-order valence-electron chi connectivity index (χ1n) is 10.2. The van der Waals surface area contributed by atoms with E-state index in [9.17, 15) is 22.8 Å². The normalized spacial score (nSPS) is 17.0. The van der Waals surface area contributed by atoms with Crippen LogP contribution in [0.2, 0.25) is 0 Å². The van der Waals surface area contributed by atoms with Crippen molar-refractivity contribution in [2.45, 2.75) is 31.1 Å². The van der Waals surface area contributed by atoms with Crippen molar-refractivity contribution in [3.8, 4) is 0 Å². The summed E-state index contributed by atoms with van der Waals surface area (Å²) >= 11 is 0. The van der Waals surface area contributed by atoms with Gasteiger partial charge in [0.25, 0.3) is 0 Å². The Kier molecular flexibility index (Phi) is 7.33. The van der Waals surface area contributed by atoms with Crippen LogP contribution < -0.4 is 5.32 Å². The molecule has 1 fully saturated rings. The third kappa shape index (κ3) is 6.07. The molecule has 0 bridgehead atoms. The summed E-state index contributed by atoms with van der Waals surface area (Å²) in [5.41, 5.74) is 1.90. The minimum Gasteiger partial charge on any atom is -0.346 e. The fourth-order valence-corrected chi connectivity index (χ4v) is 3.96. The van der Waals surface area contributed by atoms with Crippen molar-refractivity contribution in [3.63, 3.8) is 0 Å². The van der Waals surface area contributed by atoms with Gasteiger partial charge in [0.05, 0.1) is 18.6 Å². The van der Waals surface area contributed by atoms with E-state index in [0.29, 0.717) is 19.4 Å². The van der Waals surface area contributed by atoms with Crippen LogP contribution in [0.15, 0.2) is 60.7 Å². The molecule has 1 heterocycles. The molecular formula is C23H26F3N3O2. The Morgan fingerprint density at radius 1 is 1.06 bits per heavy atom. The maximum absolute atomic E-state index is 13.1. The van der Waals surface area contributed by atoms with Gasteiger partial charge in [-0.05, 0) is 30.5 Å². The zero-order chi connectivity index (χ0) is 22.4. The molecule has 2 amide bonds. The molecule has 1 N–H and O–H groups in total. The molecule has 8 heteroatoms. The summed E-state index contributed by atoms with van der Waals surface area (Å²) in [6.07, 6.45) is -3.38. The van der Waals surface area contributed by atoms with Crippen LogP contribution in [0, 0.1) is 0 Å². The number of rotatable bonds is 7. The fourth-order valence-electron chi connectivity index (χ4n) is 3.96. The number of likely N-dealkylation sites (tertiary alicyclic amines) is 1. The van der Waals surface area contributed by atoms with Crippen LogP contribution in [0.4, 0.5) is 13.2 Å². The van der Waals surface area contributed by atoms with E-state index in [1.165, 1.54) is 0 Å². The molecule has 0 aliphatic carbocycles. The average molecular weight is 433 g/mol. The zero-order valence-electron chi connectivity index (χ0n) is 17.3. The number of likely N-dealkylation sites (N-methyl/N-ethyl adjacent to an activating group) is 1. The van der Waals surface area contributed by atoms with Crippen molar-refractivity contribution in [1.82, 2.24) is 15.1 Å². The van der Waals surface area contributed by atoms with E-state index in [1.54, 1.807) is 16.8 Å². The minimum atomic E-state index is -4.46. The van der Waals surface area contributed by atoms with Crippen LogP contribution in [0.5, 0.6) is 0 Å². The van der Waals surface area contributed by atoms with Gasteiger partial charge >= 0.3 is 6.18 Å². The molecule has 1 aliphatic heterocycles. The SMILES string of the molecule is CN(C(=O)CN1CCCC1C(=O)NCC(F)(F)F)C(c1ccccc1)c1ccccc1. The van der Waals surface area contributed by atoms with Gasteiger partial charge in [-0.1, -0.05) is 60.7 Å². The van der Waals surface area contributed by atoms with E-state index >= 15 is 0 Å². The molecule has 0 radical (unpaired) electrons. The van der Waals surface area contributed by atoms with E-state index in [0.717, 1.165) is 11.1 Å². The number of benzene rings is 2. The standard InChI is InChI=1S/C23H26F3N3O2/c1-28(21(17-9-4-2-5-10-17)18-11-6-3-7-12-18)20(30)15-29-14-8-13-19(29)22(31)27-16-23(24,25)26/h2-7,9-12,19,21H,8,13-16H2,1H3,(H,27,31). The molecule has 31 heavy (non-hydrogen) atoms. The van der Waals surface area contributed by atoms with Crippen LogP contribution >= 0.6 is 0 Å². The first-order valence-corrected chi connectivity index (χ1v) is 10.2. The van der Waals surface area contributed by atoms with E-state index in [4.69, 9.17) is 0 Å². The van der Waals surface area contributed by atoms with Crippen LogP contribution in [-0.4, -0.2) is 60.5 Å². The quantitative estimate of drug-likeness (QED) is 0.729. The third-order valence-corrected chi connectivity index (χ3v) is 5.48. The molecule has 1 aliphatic rings. The number of carbonyl (C=O) groups excluding carboxylic acids is 2. The highest BCUT2D eigenvalue weighted by atomic mass is 19.4. The van der Waals surface area contributed by atoms with Gasteiger partial charge in [-0.25, -0.2) is 0 Å². The fraction of sp³-hybridized carbons (Fsp3) is 0.391. The maximum Gasteiger partial charge on any atom is 0.405 e. The monoisotopic (exact) mass is 433 g/mol. The van der Waals surface area contributed by atoms with E-state index in [1.807, 2.05) is 66.0 Å². The lowest BCUT2D eigenvalue weighted by atomic mass is 9.97. The van der Waals surface area contributed by atoms with E-state index in [-0.39, 0.29) is 18.5 Å². The van der Waals surface area contributed by atoms with Gasteiger partial charge in [-0.3, -0.25) is 14.5 Å². The molecule has 3 rings (SSSR count). The molecule has 2 aromatic carbocycles. The second-order valence-electron chi connectivity index (χ2n) is 7.69. The van der Waals surface area contributed by atoms with Crippen LogP contribution in [-0.2, 0) is 9.59 Å². The molecule has 166 valence electrons. The van der Waals surface area contributed by atoms with Gasteiger partial charge in [-0.15, -0.1) is 0 Å². The number of nitrogens with zero attached hydrogens (tertiary/aromatic N) is 2. The van der Waals surface area contributed by atoms with Gasteiger partial charge in [0.1, 0.15) is 6.54 Å². The summed E-state index contributed by atoms with van der Waals surface area (Å²) < 4.78 is 37.3. The molecule has 0 saturated carbocycles. The average Bonchev–Trinajstić information content (AvgIpc) is 3.21. The summed E-state index contributed by atoms with van der Waals surface area (Å²) in [7, 11) is 1.71. The number of halogens is 3. The number of alkyl halides is 3. The van der Waals surface area contributed by atoms with Crippen molar-refractivity contribution in [2.24, 2.45) is 0 Å². The maximum atomic E-state index is 13.1. The Hall–Kier alpha value is -2.87.